The lowest BCUT2D eigenvalue weighted by atomic mass is 10.2. The maximum absolute atomic E-state index is 12.7. The third-order valence-corrected chi connectivity index (χ3v) is 4.14. The maximum atomic E-state index is 12.7. The fraction of sp³-hybridized carbons (Fsp3) is 0.0769. The third kappa shape index (κ3) is 3.77. The predicted molar refractivity (Wildman–Crippen MR) is 82.2 cm³/mol. The molecule has 0 bridgehead atoms. The predicted octanol–water partition coefficient (Wildman–Crippen LogP) is 3.45. The Kier molecular flexibility index (Phi) is 4.18. The number of carbonyl (C=O) groups excluding carboxylic acids is 1. The van der Waals surface area contributed by atoms with Crippen LogP contribution in [-0.4, -0.2) is 20.7 Å². The first-order valence-corrected chi connectivity index (χ1v) is 7.81. The van der Waals surface area contributed by atoms with Gasteiger partial charge in [0.15, 0.2) is 5.17 Å². The Balaban J connectivity index is 1.83. The lowest BCUT2D eigenvalue weighted by molar-refractivity contribution is -0.137. The van der Waals surface area contributed by atoms with Gasteiger partial charge in [-0.25, -0.2) is 4.99 Å². The zero-order chi connectivity index (χ0) is 16.4. The number of nitrogens with one attached hydrogen (secondary N) is 1. The van der Waals surface area contributed by atoms with E-state index in [1.807, 2.05) is 0 Å². The van der Waals surface area contributed by atoms with E-state index in [0.29, 0.717) is 10.6 Å². The van der Waals surface area contributed by atoms with Gasteiger partial charge >= 0.3 is 6.18 Å². The summed E-state index contributed by atoms with van der Waals surface area (Å²) in [5.74, 6) is -0.381. The minimum Gasteiger partial charge on any atom is -0.300 e. The molecule has 1 saturated heterocycles. The van der Waals surface area contributed by atoms with Crippen molar-refractivity contribution in [1.82, 2.24) is 14.9 Å². The second kappa shape index (κ2) is 6.13. The standard InChI is InChI=1S/C13H7F3N4OS2/c14-13(15,16)7-2-1-3-8(4-7)17-12-18-11(21)10(23-12)5-9-6-22-20-19-9/h1-6H,(H,17,18,21). The van der Waals surface area contributed by atoms with Crippen LogP contribution in [0, 0.1) is 0 Å². The number of amides is 1. The molecule has 0 radical (unpaired) electrons. The summed E-state index contributed by atoms with van der Waals surface area (Å²) in [6.07, 6.45) is -2.90. The smallest absolute Gasteiger partial charge is 0.300 e. The second-order valence-electron chi connectivity index (χ2n) is 4.36. The highest BCUT2D eigenvalue weighted by molar-refractivity contribution is 8.18. The zero-order valence-electron chi connectivity index (χ0n) is 11.2. The minimum atomic E-state index is -4.44. The van der Waals surface area contributed by atoms with Crippen molar-refractivity contribution in [2.24, 2.45) is 4.99 Å². The van der Waals surface area contributed by atoms with Crippen LogP contribution in [0.5, 0.6) is 0 Å². The normalized spacial score (nSPS) is 18.7. The average Bonchev–Trinajstić information content (AvgIpc) is 3.10. The van der Waals surface area contributed by atoms with Gasteiger partial charge in [0, 0.05) is 5.38 Å². The van der Waals surface area contributed by atoms with Crippen molar-refractivity contribution < 1.29 is 18.0 Å². The lowest BCUT2D eigenvalue weighted by Gasteiger charge is -2.06. The van der Waals surface area contributed by atoms with E-state index in [4.69, 9.17) is 0 Å². The Hall–Kier alpha value is -2.20. The van der Waals surface area contributed by atoms with Crippen molar-refractivity contribution in [3.8, 4) is 0 Å². The fourth-order valence-corrected chi connectivity index (χ4v) is 2.96. The third-order valence-electron chi connectivity index (χ3n) is 2.71. The van der Waals surface area contributed by atoms with Crippen LogP contribution < -0.4 is 5.32 Å². The highest BCUT2D eigenvalue weighted by atomic mass is 32.2. The highest BCUT2D eigenvalue weighted by Crippen LogP contribution is 2.33. The molecule has 0 spiro atoms. The maximum Gasteiger partial charge on any atom is 0.416 e. The largest absolute Gasteiger partial charge is 0.416 e. The van der Waals surface area contributed by atoms with Gasteiger partial charge in [-0.2, -0.15) is 13.2 Å². The van der Waals surface area contributed by atoms with Gasteiger partial charge in [0.25, 0.3) is 5.91 Å². The van der Waals surface area contributed by atoms with Crippen LogP contribution in [0.4, 0.5) is 18.9 Å². The first-order chi connectivity index (χ1) is 10.9. The van der Waals surface area contributed by atoms with Crippen LogP contribution in [0.25, 0.3) is 6.08 Å². The average molecular weight is 356 g/mol. The van der Waals surface area contributed by atoms with Crippen LogP contribution in [0.2, 0.25) is 0 Å². The summed E-state index contributed by atoms with van der Waals surface area (Å²) in [7, 11) is 0. The van der Waals surface area contributed by atoms with Gasteiger partial charge in [0.05, 0.1) is 21.8 Å². The highest BCUT2D eigenvalue weighted by Gasteiger charge is 2.30. The number of benzene rings is 1. The zero-order valence-corrected chi connectivity index (χ0v) is 12.8. The second-order valence-corrected chi connectivity index (χ2v) is 6.00. The number of amidine groups is 1. The summed E-state index contributed by atoms with van der Waals surface area (Å²) in [5.41, 5.74) is -0.148. The Bertz CT molecular complexity index is 800. The number of hydrogen-bond donors (Lipinski definition) is 1. The lowest BCUT2D eigenvalue weighted by Crippen LogP contribution is -2.19. The minimum absolute atomic E-state index is 0.110. The van der Waals surface area contributed by atoms with Crippen molar-refractivity contribution in [3.63, 3.8) is 0 Å². The van der Waals surface area contributed by atoms with E-state index in [1.54, 1.807) is 5.38 Å². The van der Waals surface area contributed by atoms with Gasteiger partial charge in [-0.3, -0.25) is 4.79 Å². The number of nitrogens with zero attached hydrogens (tertiary/aromatic N) is 3. The number of alkyl halides is 3. The number of rotatable bonds is 2. The van der Waals surface area contributed by atoms with Gasteiger partial charge in [-0.15, -0.1) is 5.10 Å². The molecule has 1 amide bonds. The molecular formula is C13H7F3N4OS2. The van der Waals surface area contributed by atoms with Crippen LogP contribution in [0.15, 0.2) is 39.5 Å². The first kappa shape index (κ1) is 15.7. The van der Waals surface area contributed by atoms with Crippen LogP contribution >= 0.6 is 23.3 Å². The van der Waals surface area contributed by atoms with Gasteiger partial charge < -0.3 is 5.32 Å². The monoisotopic (exact) mass is 356 g/mol. The topological polar surface area (TPSA) is 67.2 Å². The van der Waals surface area contributed by atoms with E-state index in [2.05, 4.69) is 19.9 Å². The van der Waals surface area contributed by atoms with Crippen molar-refractivity contribution >= 4 is 46.1 Å². The van der Waals surface area contributed by atoms with Gasteiger partial charge in [-0.1, -0.05) is 10.6 Å². The fourth-order valence-electron chi connectivity index (χ4n) is 1.72. The van der Waals surface area contributed by atoms with E-state index in [0.717, 1.165) is 35.4 Å². The summed E-state index contributed by atoms with van der Waals surface area (Å²) in [6, 6.07) is 4.58. The quantitative estimate of drug-likeness (QED) is 0.837. The summed E-state index contributed by atoms with van der Waals surface area (Å²) >= 11 is 2.18. The molecule has 0 atom stereocenters. The van der Waals surface area contributed by atoms with E-state index in [1.165, 1.54) is 18.2 Å². The Morgan fingerprint density at radius 1 is 1.30 bits per heavy atom. The van der Waals surface area contributed by atoms with Gasteiger partial charge in [0.2, 0.25) is 0 Å². The number of carbonyl (C=O) groups is 1. The molecule has 0 unspecified atom stereocenters. The summed E-state index contributed by atoms with van der Waals surface area (Å²) in [6.45, 7) is 0. The number of thioether (sulfide) groups is 1. The molecular weight excluding hydrogens is 349 g/mol. The molecule has 3 rings (SSSR count). The van der Waals surface area contributed by atoms with E-state index >= 15 is 0 Å². The first-order valence-electron chi connectivity index (χ1n) is 6.16. The number of halogens is 3. The molecule has 118 valence electrons. The molecule has 0 aliphatic carbocycles. The molecule has 1 aliphatic heterocycles. The SMILES string of the molecule is O=C1NC(=Nc2cccc(C(F)(F)F)c2)SC1=Cc1csnn1. The number of hydrogen-bond acceptors (Lipinski definition) is 6. The Morgan fingerprint density at radius 2 is 2.13 bits per heavy atom. The van der Waals surface area contributed by atoms with Crippen molar-refractivity contribution in [2.75, 3.05) is 0 Å². The van der Waals surface area contributed by atoms with E-state index in [-0.39, 0.29) is 16.8 Å². The number of aliphatic imine (C=N–C) groups is 1. The van der Waals surface area contributed by atoms with Crippen LogP contribution in [0.3, 0.4) is 0 Å². The van der Waals surface area contributed by atoms with Crippen molar-refractivity contribution in [3.05, 3.63) is 45.8 Å². The summed E-state index contributed by atoms with van der Waals surface area (Å²) < 4.78 is 41.7. The molecule has 1 aromatic carbocycles. The summed E-state index contributed by atoms with van der Waals surface area (Å²) in [5, 5.41) is 8.18. The van der Waals surface area contributed by atoms with Gasteiger partial charge in [-0.05, 0) is 47.6 Å². The van der Waals surface area contributed by atoms with Crippen LogP contribution in [-0.2, 0) is 11.0 Å². The molecule has 10 heteroatoms. The molecule has 5 nitrogen and oxygen atoms in total. The summed E-state index contributed by atoms with van der Waals surface area (Å²) in [4.78, 5) is 16.2. The van der Waals surface area contributed by atoms with Crippen molar-refractivity contribution in [2.45, 2.75) is 6.18 Å². The molecule has 1 aromatic heterocycles. The molecule has 23 heavy (non-hydrogen) atoms. The molecule has 1 fully saturated rings. The molecule has 2 aromatic rings. The van der Waals surface area contributed by atoms with Gasteiger partial charge in [0.1, 0.15) is 0 Å². The molecule has 1 N–H and O–H groups in total. The number of aromatic nitrogens is 2. The Labute approximate surface area is 136 Å². The van der Waals surface area contributed by atoms with E-state index < -0.39 is 11.7 Å². The van der Waals surface area contributed by atoms with E-state index in [9.17, 15) is 18.0 Å². The van der Waals surface area contributed by atoms with Crippen LogP contribution in [0.1, 0.15) is 11.3 Å². The Morgan fingerprint density at radius 3 is 2.83 bits per heavy atom. The molecule has 2 heterocycles. The van der Waals surface area contributed by atoms with Crippen molar-refractivity contribution in [1.29, 1.82) is 0 Å². The molecule has 0 saturated carbocycles. The molecule has 1 aliphatic rings.